The Labute approximate surface area is 95.0 Å². The van der Waals surface area contributed by atoms with Crippen molar-refractivity contribution in [2.75, 3.05) is 5.75 Å². The first-order valence-electron chi connectivity index (χ1n) is 4.81. The summed E-state index contributed by atoms with van der Waals surface area (Å²) in [5.41, 5.74) is 7.05. The van der Waals surface area contributed by atoms with E-state index in [-0.39, 0.29) is 6.04 Å². The molecule has 0 aliphatic heterocycles. The van der Waals surface area contributed by atoms with Gasteiger partial charge in [-0.15, -0.1) is 11.8 Å². The lowest BCUT2D eigenvalue weighted by molar-refractivity contribution is 0.729. The number of nitrogens with two attached hydrogens (primary N) is 1. The van der Waals surface area contributed by atoms with E-state index in [0.717, 1.165) is 17.2 Å². The van der Waals surface area contributed by atoms with Crippen molar-refractivity contribution in [2.24, 2.45) is 5.73 Å². The molecule has 78 valence electrons. The average molecular weight is 230 g/mol. The fourth-order valence-corrected chi connectivity index (χ4v) is 2.56. The molecule has 0 saturated carbocycles. The van der Waals surface area contributed by atoms with Crippen LogP contribution in [0.25, 0.3) is 0 Å². The SMILES string of the molecule is CCSc1c(Cl)cccc1CC(C)N. The number of hydrogen-bond donors (Lipinski definition) is 1. The minimum atomic E-state index is 0.185. The molecule has 1 unspecified atom stereocenters. The molecule has 0 aromatic heterocycles. The first-order chi connectivity index (χ1) is 6.65. The third-order valence-electron chi connectivity index (χ3n) is 1.88. The van der Waals surface area contributed by atoms with Crippen LogP contribution in [0.2, 0.25) is 5.02 Å². The first kappa shape index (κ1) is 11.9. The molecular formula is C11H16ClNS. The van der Waals surface area contributed by atoms with Gasteiger partial charge in [0.2, 0.25) is 0 Å². The summed E-state index contributed by atoms with van der Waals surface area (Å²) in [6.45, 7) is 4.14. The second kappa shape index (κ2) is 5.64. The third-order valence-corrected chi connectivity index (χ3v) is 3.37. The molecule has 1 atom stereocenters. The van der Waals surface area contributed by atoms with Crippen molar-refractivity contribution in [3.05, 3.63) is 28.8 Å². The van der Waals surface area contributed by atoms with Crippen LogP contribution >= 0.6 is 23.4 Å². The minimum Gasteiger partial charge on any atom is -0.328 e. The monoisotopic (exact) mass is 229 g/mol. The van der Waals surface area contributed by atoms with Crippen LogP contribution in [0.4, 0.5) is 0 Å². The fourth-order valence-electron chi connectivity index (χ4n) is 1.37. The Bertz CT molecular complexity index is 299. The molecule has 0 bridgehead atoms. The highest BCUT2D eigenvalue weighted by atomic mass is 35.5. The molecule has 1 aromatic carbocycles. The zero-order valence-electron chi connectivity index (χ0n) is 8.59. The van der Waals surface area contributed by atoms with Gasteiger partial charge in [0.05, 0.1) is 5.02 Å². The highest BCUT2D eigenvalue weighted by molar-refractivity contribution is 7.99. The van der Waals surface area contributed by atoms with E-state index in [1.807, 2.05) is 19.1 Å². The average Bonchev–Trinajstić information content (AvgIpc) is 2.10. The van der Waals surface area contributed by atoms with Crippen LogP contribution in [0.3, 0.4) is 0 Å². The largest absolute Gasteiger partial charge is 0.328 e. The Kier molecular flexibility index (Phi) is 4.79. The van der Waals surface area contributed by atoms with Crippen molar-refractivity contribution in [3.8, 4) is 0 Å². The predicted molar refractivity (Wildman–Crippen MR) is 65.2 cm³/mol. The maximum Gasteiger partial charge on any atom is 0.0544 e. The Balaban J connectivity index is 2.95. The molecule has 0 aliphatic rings. The smallest absolute Gasteiger partial charge is 0.0544 e. The number of rotatable bonds is 4. The Morgan fingerprint density at radius 2 is 2.21 bits per heavy atom. The van der Waals surface area contributed by atoms with E-state index in [9.17, 15) is 0 Å². The Morgan fingerprint density at radius 1 is 1.50 bits per heavy atom. The first-order valence-corrected chi connectivity index (χ1v) is 6.17. The lowest BCUT2D eigenvalue weighted by Gasteiger charge is -2.11. The van der Waals surface area contributed by atoms with Crippen molar-refractivity contribution in [1.29, 1.82) is 0 Å². The summed E-state index contributed by atoms with van der Waals surface area (Å²) in [4.78, 5) is 1.19. The van der Waals surface area contributed by atoms with Gasteiger partial charge in [0.1, 0.15) is 0 Å². The van der Waals surface area contributed by atoms with Gasteiger partial charge in [0.25, 0.3) is 0 Å². The Hall–Kier alpha value is -0.180. The standard InChI is InChI=1S/C11H16ClNS/c1-3-14-11-9(7-8(2)13)5-4-6-10(11)12/h4-6,8H,3,7,13H2,1-2H3. The van der Waals surface area contributed by atoms with Crippen LogP contribution < -0.4 is 5.73 Å². The van der Waals surface area contributed by atoms with E-state index in [2.05, 4.69) is 13.0 Å². The summed E-state index contributed by atoms with van der Waals surface area (Å²) in [6, 6.07) is 6.21. The summed E-state index contributed by atoms with van der Waals surface area (Å²) in [6.07, 6.45) is 0.892. The summed E-state index contributed by atoms with van der Waals surface area (Å²) < 4.78 is 0. The van der Waals surface area contributed by atoms with Crippen LogP contribution in [0.5, 0.6) is 0 Å². The van der Waals surface area contributed by atoms with Crippen LogP contribution in [-0.2, 0) is 6.42 Å². The van der Waals surface area contributed by atoms with Crippen LogP contribution in [0.1, 0.15) is 19.4 Å². The van der Waals surface area contributed by atoms with E-state index in [4.69, 9.17) is 17.3 Å². The lowest BCUT2D eigenvalue weighted by atomic mass is 10.1. The van der Waals surface area contributed by atoms with E-state index < -0.39 is 0 Å². The molecule has 0 spiro atoms. The van der Waals surface area contributed by atoms with E-state index >= 15 is 0 Å². The van der Waals surface area contributed by atoms with Gasteiger partial charge in [0, 0.05) is 10.9 Å². The second-order valence-corrected chi connectivity index (χ2v) is 5.02. The van der Waals surface area contributed by atoms with Gasteiger partial charge in [-0.05, 0) is 30.7 Å². The highest BCUT2D eigenvalue weighted by Gasteiger charge is 2.08. The predicted octanol–water partition coefficient (Wildman–Crippen LogP) is 3.34. The summed E-state index contributed by atoms with van der Waals surface area (Å²) in [7, 11) is 0. The maximum atomic E-state index is 6.13. The number of benzene rings is 1. The van der Waals surface area contributed by atoms with Crippen molar-refractivity contribution in [2.45, 2.75) is 31.2 Å². The van der Waals surface area contributed by atoms with Crippen molar-refractivity contribution >= 4 is 23.4 Å². The minimum absolute atomic E-state index is 0.185. The zero-order valence-corrected chi connectivity index (χ0v) is 10.2. The van der Waals surface area contributed by atoms with Gasteiger partial charge < -0.3 is 5.73 Å². The van der Waals surface area contributed by atoms with E-state index in [1.54, 1.807) is 11.8 Å². The summed E-state index contributed by atoms with van der Waals surface area (Å²) in [5, 5.41) is 0.843. The highest BCUT2D eigenvalue weighted by Crippen LogP contribution is 2.31. The van der Waals surface area contributed by atoms with Crippen LogP contribution in [0.15, 0.2) is 23.1 Å². The van der Waals surface area contributed by atoms with E-state index in [0.29, 0.717) is 0 Å². The molecule has 1 nitrogen and oxygen atoms in total. The summed E-state index contributed by atoms with van der Waals surface area (Å²) in [5.74, 6) is 1.04. The van der Waals surface area contributed by atoms with Gasteiger partial charge in [-0.2, -0.15) is 0 Å². The molecule has 0 fully saturated rings. The van der Waals surface area contributed by atoms with Gasteiger partial charge in [0.15, 0.2) is 0 Å². The number of hydrogen-bond acceptors (Lipinski definition) is 2. The molecule has 0 saturated heterocycles. The quantitative estimate of drug-likeness (QED) is 0.802. The van der Waals surface area contributed by atoms with Crippen molar-refractivity contribution in [3.63, 3.8) is 0 Å². The molecule has 0 aliphatic carbocycles. The zero-order chi connectivity index (χ0) is 10.6. The topological polar surface area (TPSA) is 26.0 Å². The molecule has 1 rings (SSSR count). The van der Waals surface area contributed by atoms with Gasteiger partial charge in [-0.1, -0.05) is 30.7 Å². The molecule has 2 N–H and O–H groups in total. The van der Waals surface area contributed by atoms with Gasteiger partial charge in [-0.25, -0.2) is 0 Å². The molecular weight excluding hydrogens is 214 g/mol. The lowest BCUT2D eigenvalue weighted by Crippen LogP contribution is -2.18. The number of thioether (sulfide) groups is 1. The van der Waals surface area contributed by atoms with Gasteiger partial charge >= 0.3 is 0 Å². The molecule has 0 radical (unpaired) electrons. The molecule has 14 heavy (non-hydrogen) atoms. The molecule has 1 aromatic rings. The van der Waals surface area contributed by atoms with Crippen LogP contribution in [-0.4, -0.2) is 11.8 Å². The van der Waals surface area contributed by atoms with Crippen LogP contribution in [0, 0.1) is 0 Å². The van der Waals surface area contributed by atoms with Gasteiger partial charge in [-0.3, -0.25) is 0 Å². The Morgan fingerprint density at radius 3 is 2.79 bits per heavy atom. The van der Waals surface area contributed by atoms with Crippen molar-refractivity contribution < 1.29 is 0 Å². The van der Waals surface area contributed by atoms with Crippen molar-refractivity contribution in [1.82, 2.24) is 0 Å². The maximum absolute atomic E-state index is 6.13. The second-order valence-electron chi connectivity index (χ2n) is 3.34. The molecule has 0 amide bonds. The normalized spacial score (nSPS) is 12.9. The summed E-state index contributed by atoms with van der Waals surface area (Å²) >= 11 is 7.91. The molecule has 0 heterocycles. The van der Waals surface area contributed by atoms with E-state index in [1.165, 1.54) is 10.5 Å². The number of halogens is 1. The third kappa shape index (κ3) is 3.19. The molecule has 3 heteroatoms. The fraction of sp³-hybridized carbons (Fsp3) is 0.455.